The van der Waals surface area contributed by atoms with E-state index in [1.807, 2.05) is 4.90 Å². The molecule has 1 aliphatic heterocycles. The molecule has 0 spiro atoms. The molecule has 13 heavy (non-hydrogen) atoms. The summed E-state index contributed by atoms with van der Waals surface area (Å²) in [5, 5.41) is 18.3. The van der Waals surface area contributed by atoms with Gasteiger partial charge in [0.1, 0.15) is 0 Å². The van der Waals surface area contributed by atoms with Gasteiger partial charge in [-0.3, -0.25) is 4.90 Å². The second-order valence-corrected chi connectivity index (χ2v) is 3.29. The molecule has 1 aliphatic rings. The van der Waals surface area contributed by atoms with E-state index in [1.54, 1.807) is 6.08 Å². The van der Waals surface area contributed by atoms with Crippen molar-refractivity contribution in [3.05, 3.63) is 12.7 Å². The molecule has 2 atom stereocenters. The molecule has 1 fully saturated rings. The van der Waals surface area contributed by atoms with Gasteiger partial charge in [0.15, 0.2) is 0 Å². The first-order valence-corrected chi connectivity index (χ1v) is 4.49. The van der Waals surface area contributed by atoms with Gasteiger partial charge in [0.05, 0.1) is 26.0 Å². The molecule has 2 N–H and O–H groups in total. The minimum atomic E-state index is -0.329. The van der Waals surface area contributed by atoms with E-state index in [2.05, 4.69) is 6.58 Å². The van der Waals surface area contributed by atoms with Crippen molar-refractivity contribution in [3.63, 3.8) is 0 Å². The van der Waals surface area contributed by atoms with Crippen LogP contribution in [0.4, 0.5) is 0 Å². The molecule has 4 heteroatoms. The second kappa shape index (κ2) is 5.34. The average Bonchev–Trinajstić information content (AvgIpc) is 2.47. The lowest BCUT2D eigenvalue weighted by molar-refractivity contribution is 0.0182. The molecule has 1 heterocycles. The number of nitrogens with zero attached hydrogens (tertiary/aromatic N) is 1. The Hall–Kier alpha value is -0.420. The second-order valence-electron chi connectivity index (χ2n) is 3.29. The smallest absolute Gasteiger partial charge is 0.0998 e. The topological polar surface area (TPSA) is 52.9 Å². The van der Waals surface area contributed by atoms with Gasteiger partial charge in [-0.05, 0) is 6.42 Å². The fraction of sp³-hybridized carbons (Fsp3) is 0.778. The van der Waals surface area contributed by atoms with E-state index in [4.69, 9.17) is 9.84 Å². The number of aliphatic hydroxyl groups excluding tert-OH is 2. The molecule has 0 aromatic carbocycles. The molecule has 0 aliphatic carbocycles. The molecule has 4 nitrogen and oxygen atoms in total. The van der Waals surface area contributed by atoms with Crippen molar-refractivity contribution >= 4 is 0 Å². The van der Waals surface area contributed by atoms with Gasteiger partial charge in [-0.1, -0.05) is 6.08 Å². The van der Waals surface area contributed by atoms with Gasteiger partial charge in [0.25, 0.3) is 0 Å². The summed E-state index contributed by atoms with van der Waals surface area (Å²) < 4.78 is 5.23. The van der Waals surface area contributed by atoms with Crippen LogP contribution in [0.3, 0.4) is 0 Å². The largest absolute Gasteiger partial charge is 0.395 e. The standard InChI is InChI=1S/C9H17NO3/c1-2-3-13-7-10-5-9(12)4-8(10)6-11/h2,8-9,11-12H,1,3-7H2/t8-,9+/m0/s1. The lowest BCUT2D eigenvalue weighted by atomic mass is 10.2. The predicted molar refractivity (Wildman–Crippen MR) is 49.2 cm³/mol. The SMILES string of the molecule is C=CCOCN1C[C@H](O)C[C@H]1CO. The minimum absolute atomic E-state index is 0.0415. The van der Waals surface area contributed by atoms with E-state index in [9.17, 15) is 5.11 Å². The van der Waals surface area contributed by atoms with Crippen LogP contribution in [0.15, 0.2) is 12.7 Å². The monoisotopic (exact) mass is 187 g/mol. The summed E-state index contributed by atoms with van der Waals surface area (Å²) in [7, 11) is 0. The number of likely N-dealkylation sites (tertiary alicyclic amines) is 1. The van der Waals surface area contributed by atoms with E-state index in [0.717, 1.165) is 0 Å². The summed E-state index contributed by atoms with van der Waals surface area (Å²) in [5.74, 6) is 0. The lowest BCUT2D eigenvalue weighted by Crippen LogP contribution is -2.34. The lowest BCUT2D eigenvalue weighted by Gasteiger charge is -2.21. The molecule has 1 saturated heterocycles. The maximum Gasteiger partial charge on any atom is 0.0998 e. The summed E-state index contributed by atoms with van der Waals surface area (Å²) in [4.78, 5) is 1.94. The van der Waals surface area contributed by atoms with Crippen molar-refractivity contribution < 1.29 is 14.9 Å². The summed E-state index contributed by atoms with van der Waals surface area (Å²) in [6, 6.07) is 0.0415. The van der Waals surface area contributed by atoms with E-state index >= 15 is 0 Å². The fourth-order valence-electron chi connectivity index (χ4n) is 1.56. The number of ether oxygens (including phenoxy) is 1. The fourth-order valence-corrected chi connectivity index (χ4v) is 1.56. The highest BCUT2D eigenvalue weighted by molar-refractivity contribution is 4.83. The highest BCUT2D eigenvalue weighted by atomic mass is 16.5. The van der Waals surface area contributed by atoms with E-state index in [-0.39, 0.29) is 18.8 Å². The van der Waals surface area contributed by atoms with Crippen LogP contribution >= 0.6 is 0 Å². The number of hydrogen-bond acceptors (Lipinski definition) is 4. The summed E-state index contributed by atoms with van der Waals surface area (Å²) in [6.07, 6.45) is 1.98. The number of β-amino-alcohol motifs (C(OH)–C–C–N with tert-alkyl or cyclic N) is 1. The van der Waals surface area contributed by atoms with Crippen LogP contribution in [0.2, 0.25) is 0 Å². The molecule has 0 bridgehead atoms. The Kier molecular flexibility index (Phi) is 4.38. The van der Waals surface area contributed by atoms with Crippen LogP contribution in [0.5, 0.6) is 0 Å². The summed E-state index contributed by atoms with van der Waals surface area (Å²) in [5.41, 5.74) is 0. The molecular weight excluding hydrogens is 170 g/mol. The van der Waals surface area contributed by atoms with Crippen molar-refractivity contribution in [1.82, 2.24) is 4.90 Å². The Morgan fingerprint density at radius 3 is 3.00 bits per heavy atom. The van der Waals surface area contributed by atoms with Gasteiger partial charge >= 0.3 is 0 Å². The number of hydrogen-bond donors (Lipinski definition) is 2. The van der Waals surface area contributed by atoms with E-state index in [0.29, 0.717) is 26.3 Å². The first kappa shape index (κ1) is 10.7. The normalized spacial score (nSPS) is 29.4. The van der Waals surface area contributed by atoms with Gasteiger partial charge in [-0.25, -0.2) is 0 Å². The molecule has 1 rings (SSSR count). The predicted octanol–water partition coefficient (Wildman–Crippen LogP) is -0.426. The molecular formula is C9H17NO3. The van der Waals surface area contributed by atoms with Gasteiger partial charge in [-0.2, -0.15) is 0 Å². The van der Waals surface area contributed by atoms with E-state index < -0.39 is 0 Å². The van der Waals surface area contributed by atoms with Crippen LogP contribution < -0.4 is 0 Å². The Bertz CT molecular complexity index is 163. The molecule has 0 aromatic heterocycles. The van der Waals surface area contributed by atoms with Gasteiger partial charge in [0, 0.05) is 12.6 Å². The summed E-state index contributed by atoms with van der Waals surface area (Å²) in [6.45, 7) is 5.16. The molecule has 0 aromatic rings. The van der Waals surface area contributed by atoms with Crippen molar-refractivity contribution in [2.24, 2.45) is 0 Å². The Labute approximate surface area is 78.4 Å². The van der Waals surface area contributed by atoms with E-state index in [1.165, 1.54) is 0 Å². The Morgan fingerprint density at radius 1 is 1.62 bits per heavy atom. The third-order valence-electron chi connectivity index (χ3n) is 2.21. The molecule has 76 valence electrons. The average molecular weight is 187 g/mol. The van der Waals surface area contributed by atoms with Crippen molar-refractivity contribution in [2.45, 2.75) is 18.6 Å². The van der Waals surface area contributed by atoms with Crippen LogP contribution in [-0.4, -0.2) is 53.7 Å². The zero-order chi connectivity index (χ0) is 9.68. The van der Waals surface area contributed by atoms with Gasteiger partial charge in [0.2, 0.25) is 0 Å². The van der Waals surface area contributed by atoms with Crippen LogP contribution in [-0.2, 0) is 4.74 Å². The zero-order valence-electron chi connectivity index (χ0n) is 7.72. The third-order valence-corrected chi connectivity index (χ3v) is 2.21. The Balaban J connectivity index is 2.26. The maximum absolute atomic E-state index is 9.33. The van der Waals surface area contributed by atoms with Crippen LogP contribution in [0.25, 0.3) is 0 Å². The molecule has 0 radical (unpaired) electrons. The van der Waals surface area contributed by atoms with Crippen LogP contribution in [0, 0.1) is 0 Å². The number of rotatable bonds is 5. The molecule has 0 saturated carbocycles. The number of aliphatic hydroxyl groups is 2. The molecule has 0 amide bonds. The van der Waals surface area contributed by atoms with Gasteiger partial charge < -0.3 is 14.9 Å². The Morgan fingerprint density at radius 2 is 2.38 bits per heavy atom. The van der Waals surface area contributed by atoms with Crippen molar-refractivity contribution in [2.75, 3.05) is 26.5 Å². The minimum Gasteiger partial charge on any atom is -0.395 e. The summed E-state index contributed by atoms with van der Waals surface area (Å²) >= 11 is 0. The zero-order valence-corrected chi connectivity index (χ0v) is 7.72. The van der Waals surface area contributed by atoms with Crippen molar-refractivity contribution in [3.8, 4) is 0 Å². The first-order chi connectivity index (χ1) is 6.27. The molecule has 0 unspecified atom stereocenters. The highest BCUT2D eigenvalue weighted by Gasteiger charge is 2.29. The van der Waals surface area contributed by atoms with Crippen molar-refractivity contribution in [1.29, 1.82) is 0 Å². The quantitative estimate of drug-likeness (QED) is 0.453. The highest BCUT2D eigenvalue weighted by Crippen LogP contribution is 2.16. The third kappa shape index (κ3) is 3.08. The van der Waals surface area contributed by atoms with Gasteiger partial charge in [-0.15, -0.1) is 6.58 Å². The van der Waals surface area contributed by atoms with Crippen LogP contribution in [0.1, 0.15) is 6.42 Å². The first-order valence-electron chi connectivity index (χ1n) is 4.49. The maximum atomic E-state index is 9.33.